The number of aromatic nitrogens is 4. The summed E-state index contributed by atoms with van der Waals surface area (Å²) >= 11 is 0.501. The molecule has 39 heavy (non-hydrogen) atoms. The van der Waals surface area contributed by atoms with Crippen LogP contribution < -0.4 is 22.7 Å². The summed E-state index contributed by atoms with van der Waals surface area (Å²) in [4.78, 5) is 63.1. The first kappa shape index (κ1) is 28.4. The molecule has 2 unspecified atom stereocenters. The number of fused-ring (bicyclic) bond motifs is 2. The second-order valence-corrected chi connectivity index (χ2v) is 14.4. The van der Waals surface area contributed by atoms with Crippen molar-refractivity contribution in [3.05, 3.63) is 55.3 Å². The number of nitrogens with zero attached hydrogens (tertiary/aromatic N) is 3. The molecule has 5 N–H and O–H groups in total. The van der Waals surface area contributed by atoms with E-state index in [9.17, 15) is 33.3 Å². The lowest BCUT2D eigenvalue weighted by atomic mass is 10.2. The first-order valence-electron chi connectivity index (χ1n) is 11.6. The summed E-state index contributed by atoms with van der Waals surface area (Å²) in [5, 5.41) is 0. The molecule has 5 rings (SSSR count). The van der Waals surface area contributed by atoms with Crippen LogP contribution in [0.5, 0.6) is 0 Å². The number of hydrogen-bond donors (Lipinski definition) is 4. The van der Waals surface area contributed by atoms with Crippen molar-refractivity contribution >= 4 is 31.8 Å². The lowest BCUT2D eigenvalue weighted by Gasteiger charge is -2.26. The van der Waals surface area contributed by atoms with Crippen molar-refractivity contribution in [2.75, 3.05) is 18.1 Å². The number of nitrogens with one attached hydrogen (secondary N) is 1. The summed E-state index contributed by atoms with van der Waals surface area (Å²) in [6.45, 7) is -3.47. The van der Waals surface area contributed by atoms with E-state index in [2.05, 4.69) is 9.97 Å². The molecule has 0 aromatic carbocycles. The van der Waals surface area contributed by atoms with Crippen molar-refractivity contribution in [1.29, 1.82) is 0 Å². The number of hydrogen-bond acceptors (Lipinski definition) is 13. The Morgan fingerprint density at radius 1 is 1.05 bits per heavy atom. The Balaban J connectivity index is 1.37. The van der Waals surface area contributed by atoms with Gasteiger partial charge >= 0.3 is 26.0 Å². The topological polar surface area (TPSA) is 237 Å². The van der Waals surface area contributed by atoms with Crippen LogP contribution in [0.2, 0.25) is 0 Å². The summed E-state index contributed by atoms with van der Waals surface area (Å²) in [6.07, 6.45) is -3.99. The zero-order valence-electron chi connectivity index (χ0n) is 20.2. The minimum atomic E-state index is -4.74. The van der Waals surface area contributed by atoms with E-state index in [4.69, 9.17) is 28.8 Å². The number of aromatic amines is 1. The third-order valence-electron chi connectivity index (χ3n) is 6.32. The molecule has 0 radical (unpaired) electrons. The maximum Gasteiger partial charge on any atom is 0.472 e. The van der Waals surface area contributed by atoms with E-state index in [1.54, 1.807) is 0 Å². The molecule has 0 amide bonds. The maximum absolute atomic E-state index is 13.0. The predicted octanol–water partition coefficient (Wildman–Crippen LogP) is -0.00628. The number of phosphoric acid groups is 1. The van der Waals surface area contributed by atoms with E-state index < -0.39 is 75.0 Å². The van der Waals surface area contributed by atoms with Crippen molar-refractivity contribution in [3.63, 3.8) is 0 Å². The van der Waals surface area contributed by atoms with Crippen molar-refractivity contribution < 1.29 is 42.0 Å². The number of phosphoric ester groups is 1. The molecule has 0 saturated carbocycles. The van der Waals surface area contributed by atoms with Crippen LogP contribution in [0.3, 0.4) is 0 Å². The van der Waals surface area contributed by atoms with Gasteiger partial charge in [-0.25, -0.2) is 18.7 Å². The normalized spacial score (nSPS) is 37.4. The Hall–Kier alpha value is -2.11. The number of ether oxygens (including phenoxy) is 2. The number of rotatable bonds is 2. The number of aryl methyl sites for hydroxylation is 1. The van der Waals surface area contributed by atoms with Gasteiger partial charge in [0.2, 0.25) is 0 Å². The van der Waals surface area contributed by atoms with Gasteiger partial charge in [-0.3, -0.25) is 32.5 Å². The van der Waals surface area contributed by atoms with Crippen LogP contribution in [0.15, 0.2) is 32.8 Å². The fraction of sp³-hybridized carbons (Fsp3) is 0.579. The summed E-state index contributed by atoms with van der Waals surface area (Å²) in [5.74, 6) is -0.236. The van der Waals surface area contributed by atoms with Crippen LogP contribution >= 0.6 is 26.0 Å². The second-order valence-electron chi connectivity index (χ2n) is 9.07. The van der Waals surface area contributed by atoms with E-state index in [1.165, 1.54) is 25.4 Å². The lowest BCUT2D eigenvalue weighted by molar-refractivity contribution is -0.0475. The van der Waals surface area contributed by atoms with Crippen LogP contribution in [-0.2, 0) is 32.2 Å². The molecule has 3 aliphatic rings. The van der Waals surface area contributed by atoms with Gasteiger partial charge in [0, 0.05) is 36.6 Å². The van der Waals surface area contributed by atoms with Gasteiger partial charge in [-0.15, -0.1) is 0 Å². The van der Waals surface area contributed by atoms with Gasteiger partial charge in [0.15, 0.2) is 0 Å². The Labute approximate surface area is 223 Å². The largest absolute Gasteiger partial charge is 0.472 e. The number of anilines is 1. The Morgan fingerprint density at radius 3 is 2.44 bits per heavy atom. The molecule has 3 fully saturated rings. The Bertz CT molecular complexity index is 1530. The van der Waals surface area contributed by atoms with Crippen molar-refractivity contribution in [1.82, 2.24) is 19.1 Å². The van der Waals surface area contributed by atoms with E-state index in [-0.39, 0.29) is 30.0 Å². The molecule has 3 saturated heterocycles. The fourth-order valence-electron chi connectivity index (χ4n) is 4.45. The average Bonchev–Trinajstić information content (AvgIpc) is 3.41. The van der Waals surface area contributed by atoms with Gasteiger partial charge in [-0.2, -0.15) is 4.98 Å². The quantitative estimate of drug-likeness (QED) is 0.328. The molecule has 0 aliphatic carbocycles. The minimum Gasteiger partial charge on any atom is -0.383 e. The van der Waals surface area contributed by atoms with Gasteiger partial charge in [-0.05, 0) is 24.4 Å². The molecule has 17 nitrogen and oxygen atoms in total. The summed E-state index contributed by atoms with van der Waals surface area (Å²) in [6, 6.07) is 1.37. The molecule has 8 atom stereocenters. The van der Waals surface area contributed by atoms with Gasteiger partial charge in [0.25, 0.3) is 5.56 Å². The van der Waals surface area contributed by atoms with Gasteiger partial charge in [-0.1, -0.05) is 0 Å². The molecule has 2 aromatic rings. The first-order valence-corrected chi connectivity index (χ1v) is 16.3. The third kappa shape index (κ3) is 6.30. The molecular formula is C19H25N5O12P2S. The standard InChI is InChI=1S/C19H25N5O12P2S/c1-9-6-24(19(27)22-17(9)25)16-5-11-13(34-16)8-39-38(30,31)36-10-4-15(23-3-2-14(20)21-18(23)26)33-12(10)7-32-37(28,29)35-11/h2-3,6,10-13,15-16H,4-5,7-8H2,1H3,(H,28,29)(H,30,31)(H2,20,21,26)(H,22,25,27)/t10-,11-,12+,13+,15+,16+/m0/s1. The number of H-pyrrole nitrogens is 1. The molecule has 5 heterocycles. The molecule has 20 heteroatoms. The fourth-order valence-corrected chi connectivity index (χ4v) is 8.18. The van der Waals surface area contributed by atoms with Crippen LogP contribution in [0, 0.1) is 6.92 Å². The first-order chi connectivity index (χ1) is 18.3. The number of nitrogens with two attached hydrogens (primary N) is 1. The van der Waals surface area contributed by atoms with Crippen LogP contribution in [0.1, 0.15) is 30.9 Å². The van der Waals surface area contributed by atoms with Gasteiger partial charge in [0.05, 0.1) is 12.7 Å². The van der Waals surface area contributed by atoms with Crippen molar-refractivity contribution in [2.45, 2.75) is 56.6 Å². The van der Waals surface area contributed by atoms with Crippen molar-refractivity contribution in [2.24, 2.45) is 0 Å². The van der Waals surface area contributed by atoms with Crippen LogP contribution in [0.25, 0.3) is 0 Å². The Morgan fingerprint density at radius 2 is 1.72 bits per heavy atom. The summed E-state index contributed by atoms with van der Waals surface area (Å²) in [5.41, 5.74) is 3.67. The molecular weight excluding hydrogens is 584 g/mol. The van der Waals surface area contributed by atoms with E-state index >= 15 is 0 Å². The summed E-state index contributed by atoms with van der Waals surface area (Å²) < 4.78 is 55.6. The Kier molecular flexibility index (Phi) is 7.80. The zero-order chi connectivity index (χ0) is 28.1. The maximum atomic E-state index is 13.0. The SMILES string of the molecule is Cc1cn([C@H]2C[C@@H]3OP(=O)(O)OC[C@H]4O[C@@H](n5ccc(N)nc5=O)C[C@@H]4OP(=O)(O)SC[C@H]3O2)c(=O)[nH]c1=O. The molecule has 214 valence electrons. The second kappa shape index (κ2) is 10.7. The van der Waals surface area contributed by atoms with E-state index in [0.717, 1.165) is 9.13 Å². The molecule has 2 aromatic heterocycles. The predicted molar refractivity (Wildman–Crippen MR) is 134 cm³/mol. The minimum absolute atomic E-state index is 0.00878. The monoisotopic (exact) mass is 609 g/mol. The zero-order valence-corrected chi connectivity index (χ0v) is 22.8. The molecule has 0 bridgehead atoms. The highest BCUT2D eigenvalue weighted by atomic mass is 32.7. The highest BCUT2D eigenvalue weighted by Gasteiger charge is 2.47. The lowest BCUT2D eigenvalue weighted by Crippen LogP contribution is -2.33. The van der Waals surface area contributed by atoms with Crippen molar-refractivity contribution in [3.8, 4) is 0 Å². The van der Waals surface area contributed by atoms with E-state index in [0.29, 0.717) is 11.4 Å². The molecule has 3 aliphatic heterocycles. The average molecular weight is 609 g/mol. The number of nitrogen functional groups attached to an aromatic ring is 1. The third-order valence-corrected chi connectivity index (χ3v) is 10.4. The van der Waals surface area contributed by atoms with Crippen LogP contribution in [0.4, 0.5) is 5.82 Å². The smallest absolute Gasteiger partial charge is 0.383 e. The highest BCUT2D eigenvalue weighted by molar-refractivity contribution is 8.54. The van der Waals surface area contributed by atoms with Gasteiger partial charge < -0.3 is 25.0 Å². The highest BCUT2D eigenvalue weighted by Crippen LogP contribution is 2.60. The summed E-state index contributed by atoms with van der Waals surface area (Å²) in [7, 11) is -4.74. The van der Waals surface area contributed by atoms with E-state index in [1.807, 2.05) is 0 Å². The molecule has 0 spiro atoms. The van der Waals surface area contributed by atoms with Gasteiger partial charge in [0.1, 0.15) is 36.6 Å². The van der Waals surface area contributed by atoms with Crippen LogP contribution in [-0.4, -0.2) is 65.7 Å².